The maximum absolute atomic E-state index is 11.6. The average molecular weight is 648 g/mol. The second-order valence-electron chi connectivity index (χ2n) is 11.0. The second kappa shape index (κ2) is 20.3. The van der Waals surface area contributed by atoms with Crippen molar-refractivity contribution in [2.45, 2.75) is 129 Å². The van der Waals surface area contributed by atoms with Gasteiger partial charge in [-0.05, 0) is 12.8 Å². The molecule has 15 heteroatoms. The lowest BCUT2D eigenvalue weighted by Gasteiger charge is -2.21. The first-order chi connectivity index (χ1) is 20.6. The number of aromatic nitrogens is 4. The summed E-state index contributed by atoms with van der Waals surface area (Å²) < 4.78 is 47.5. The van der Waals surface area contributed by atoms with E-state index in [-0.39, 0.29) is 23.5 Å². The molecule has 0 aliphatic rings. The van der Waals surface area contributed by atoms with Crippen LogP contribution in [0, 0.1) is 0 Å². The van der Waals surface area contributed by atoms with Crippen molar-refractivity contribution in [3.63, 3.8) is 0 Å². The Balaban J connectivity index is 1.93. The smallest absolute Gasteiger partial charge is 0.387 e. The van der Waals surface area contributed by atoms with Gasteiger partial charge in [0.15, 0.2) is 17.0 Å². The minimum atomic E-state index is -4.49. The topological polar surface area (TPSA) is 200 Å². The van der Waals surface area contributed by atoms with Crippen LogP contribution < -0.4 is 11.3 Å². The van der Waals surface area contributed by atoms with Crippen molar-refractivity contribution in [1.29, 1.82) is 0 Å². The van der Waals surface area contributed by atoms with Crippen LogP contribution in [-0.4, -0.2) is 60.1 Å². The van der Waals surface area contributed by atoms with Crippen LogP contribution in [0.25, 0.3) is 11.2 Å². The Hall–Kier alpha value is -1.72. The molecule has 2 aromatic heterocycles. The van der Waals surface area contributed by atoms with E-state index >= 15 is 0 Å². The molecular weight excluding hydrogens is 596 g/mol. The fourth-order valence-corrected chi connectivity index (χ4v) is 5.77. The molecule has 0 radical (unpaired) electrons. The van der Waals surface area contributed by atoms with Gasteiger partial charge in [0.05, 0.1) is 19.3 Å². The van der Waals surface area contributed by atoms with Gasteiger partial charge in [-0.25, -0.2) is 14.1 Å². The number of aliphatic hydroxyl groups is 1. The van der Waals surface area contributed by atoms with Crippen LogP contribution >= 0.6 is 15.3 Å². The van der Waals surface area contributed by atoms with Gasteiger partial charge in [0, 0.05) is 6.61 Å². The number of nitrogens with zero attached hydrogens (tertiary/aromatic N) is 4. The highest BCUT2D eigenvalue weighted by atomic mass is 31.2. The first kappa shape index (κ1) is 37.5. The van der Waals surface area contributed by atoms with E-state index in [1.54, 1.807) is 0 Å². The van der Waals surface area contributed by atoms with Crippen molar-refractivity contribution >= 4 is 37.8 Å². The Morgan fingerprint density at radius 2 is 1.42 bits per heavy atom. The molecule has 2 aromatic rings. The van der Waals surface area contributed by atoms with E-state index in [2.05, 4.69) is 21.9 Å². The predicted molar refractivity (Wildman–Crippen MR) is 166 cm³/mol. The number of imidazole rings is 1. The van der Waals surface area contributed by atoms with Crippen LogP contribution in [0.3, 0.4) is 0 Å². The van der Waals surface area contributed by atoms with Gasteiger partial charge in [-0.3, -0.25) is 4.57 Å². The lowest BCUT2D eigenvalue weighted by molar-refractivity contribution is 0.0129. The molecular formula is C28H51N5O8P2. The van der Waals surface area contributed by atoms with Gasteiger partial charge in [-0.1, -0.05) is 97.3 Å². The van der Waals surface area contributed by atoms with Crippen LogP contribution in [0.5, 0.6) is 0 Å². The van der Waals surface area contributed by atoms with Crippen molar-refractivity contribution in [3.05, 3.63) is 5.82 Å². The standard InChI is InChI=1S/C28H51N5O8P2/c1-3-5-6-7-8-9-10-11-12-13-14-15-16-17-18-40-23(4-2)26-30-24-25(29)31-28(42(35)36)32-27(24)33(26)19-22(20-34)41-21-43(37,38)39/h22-23,34H,3-21H2,1-2H3,(H2,29,31,32)(H2,37,38,39). The number of hydrogen-bond donors (Lipinski definition) is 4. The van der Waals surface area contributed by atoms with Gasteiger partial charge < -0.3 is 34.7 Å². The average Bonchev–Trinajstić information content (AvgIpc) is 3.32. The minimum absolute atomic E-state index is 0.105. The van der Waals surface area contributed by atoms with Crippen molar-refractivity contribution in [3.8, 4) is 0 Å². The molecule has 2 atom stereocenters. The third kappa shape index (κ3) is 13.9. The summed E-state index contributed by atoms with van der Waals surface area (Å²) in [6.45, 7) is 3.99. The highest BCUT2D eigenvalue weighted by molar-refractivity contribution is 7.51. The van der Waals surface area contributed by atoms with E-state index in [9.17, 15) is 28.6 Å². The summed E-state index contributed by atoms with van der Waals surface area (Å²) >= 11 is 0. The molecule has 0 amide bonds. The first-order valence-electron chi connectivity index (χ1n) is 15.7. The van der Waals surface area contributed by atoms with E-state index in [0.717, 1.165) is 19.3 Å². The molecule has 13 nitrogen and oxygen atoms in total. The summed E-state index contributed by atoms with van der Waals surface area (Å²) in [5, 5.41) is 9.83. The van der Waals surface area contributed by atoms with Crippen molar-refractivity contribution in [2.75, 3.05) is 25.3 Å². The molecule has 0 spiro atoms. The zero-order valence-electron chi connectivity index (χ0n) is 25.7. The molecule has 0 fully saturated rings. The lowest BCUT2D eigenvalue weighted by Crippen LogP contribution is -2.27. The largest absolute Gasteiger partial charge is 0.394 e. The summed E-state index contributed by atoms with van der Waals surface area (Å²) in [5.41, 5.74) is 5.80. The molecule has 0 aliphatic heterocycles. The number of rotatable bonds is 25. The number of hydrogen-bond acceptors (Lipinski definition) is 10. The zero-order valence-corrected chi connectivity index (χ0v) is 27.5. The second-order valence-corrected chi connectivity index (χ2v) is 13.5. The number of ether oxygens (including phenoxy) is 2. The number of aliphatic hydroxyl groups excluding tert-OH is 1. The maximum atomic E-state index is 11.6. The van der Waals surface area contributed by atoms with Crippen LogP contribution in [0.2, 0.25) is 0 Å². The molecule has 2 heterocycles. The zero-order chi connectivity index (χ0) is 31.7. The summed E-state index contributed by atoms with van der Waals surface area (Å²) in [4.78, 5) is 30.9. The van der Waals surface area contributed by atoms with Gasteiger partial charge in [0.2, 0.25) is 0 Å². The Kier molecular flexibility index (Phi) is 17.7. The Morgan fingerprint density at radius 1 is 0.860 bits per heavy atom. The summed E-state index contributed by atoms with van der Waals surface area (Å²) in [6, 6.07) is 0. The molecule has 0 saturated heterocycles. The molecule has 2 rings (SSSR count). The highest BCUT2D eigenvalue weighted by Crippen LogP contribution is 2.35. The van der Waals surface area contributed by atoms with Crippen LogP contribution in [0.15, 0.2) is 0 Å². The van der Waals surface area contributed by atoms with Gasteiger partial charge in [0.25, 0.3) is 5.57 Å². The number of unbranched alkanes of at least 4 members (excludes halogenated alkanes) is 13. The molecule has 0 aromatic carbocycles. The van der Waals surface area contributed by atoms with E-state index in [1.807, 2.05) is 6.92 Å². The van der Waals surface area contributed by atoms with Gasteiger partial charge >= 0.3 is 15.3 Å². The van der Waals surface area contributed by atoms with Crippen molar-refractivity contribution in [2.24, 2.45) is 0 Å². The number of fused-ring (bicyclic) bond motifs is 1. The van der Waals surface area contributed by atoms with Crippen molar-refractivity contribution in [1.82, 2.24) is 19.5 Å². The molecule has 2 unspecified atom stereocenters. The van der Waals surface area contributed by atoms with E-state index in [0.29, 0.717) is 18.9 Å². The van der Waals surface area contributed by atoms with E-state index in [4.69, 9.17) is 15.2 Å². The first-order valence-corrected chi connectivity index (χ1v) is 18.6. The van der Waals surface area contributed by atoms with Gasteiger partial charge in [-0.2, -0.15) is 9.97 Å². The predicted octanol–water partition coefficient (Wildman–Crippen LogP) is 5.67. The number of anilines is 1. The highest BCUT2D eigenvalue weighted by Gasteiger charge is 2.26. The molecule has 43 heavy (non-hydrogen) atoms. The third-order valence-electron chi connectivity index (χ3n) is 7.35. The van der Waals surface area contributed by atoms with Gasteiger partial charge in [0.1, 0.15) is 18.3 Å². The van der Waals surface area contributed by atoms with Crippen LogP contribution in [0.1, 0.15) is 122 Å². The maximum Gasteiger partial charge on any atom is 0.387 e. The normalized spacial score (nSPS) is 13.5. The molecule has 0 aliphatic carbocycles. The number of nitrogens with two attached hydrogens (primary N) is 1. The summed E-state index contributed by atoms with van der Waals surface area (Å²) in [5.74, 6) is 0.262. The fraction of sp³-hybridized carbons (Fsp3) is 0.821. The number of nitrogen functional groups attached to an aromatic ring is 1. The van der Waals surface area contributed by atoms with Crippen LogP contribution in [-0.2, 0) is 29.7 Å². The molecule has 5 N–H and O–H groups in total. The van der Waals surface area contributed by atoms with Crippen molar-refractivity contribution < 1.29 is 38.1 Å². The van der Waals surface area contributed by atoms with E-state index < -0.39 is 46.0 Å². The molecule has 0 saturated carbocycles. The Bertz CT molecular complexity index is 1200. The summed E-state index contributed by atoms with van der Waals surface area (Å²) in [6.07, 6.45) is 15.7. The van der Waals surface area contributed by atoms with Gasteiger partial charge in [-0.15, -0.1) is 0 Å². The third-order valence-corrected chi connectivity index (χ3v) is 8.36. The van der Waals surface area contributed by atoms with Crippen LogP contribution in [0.4, 0.5) is 5.82 Å². The lowest BCUT2D eigenvalue weighted by atomic mass is 10.0. The SMILES string of the molecule is CCCCCCCCCCCCCCCCOC(CC)c1nc2c(N)nc(P(=O)=O)nc2n1CC(CO)OCP(=O)(O)O. The van der Waals surface area contributed by atoms with E-state index in [1.165, 1.54) is 75.2 Å². The molecule has 0 bridgehead atoms. The quantitative estimate of drug-likeness (QED) is 0.0761. The monoisotopic (exact) mass is 647 g/mol. The Morgan fingerprint density at radius 3 is 1.91 bits per heavy atom. The molecule has 246 valence electrons. The minimum Gasteiger partial charge on any atom is -0.394 e. The fourth-order valence-electron chi connectivity index (χ4n) is 5.00. The Labute approximate surface area is 255 Å². The summed E-state index contributed by atoms with van der Waals surface area (Å²) in [7, 11) is -7.62.